The Hall–Kier alpha value is -3.60. The van der Waals surface area contributed by atoms with E-state index in [0.29, 0.717) is 38.3 Å². The Labute approximate surface area is 203 Å². The van der Waals surface area contributed by atoms with Gasteiger partial charge >= 0.3 is 0 Å². The van der Waals surface area contributed by atoms with E-state index in [2.05, 4.69) is 43.2 Å². The molecule has 0 amide bonds. The van der Waals surface area contributed by atoms with Crippen molar-refractivity contribution in [1.82, 2.24) is 4.98 Å². The molecule has 5 aromatic rings. The molecule has 178 valence electrons. The van der Waals surface area contributed by atoms with Crippen molar-refractivity contribution in [2.24, 2.45) is 0 Å². The van der Waals surface area contributed by atoms with E-state index in [-0.39, 0.29) is 22.3 Å². The second-order valence-electron chi connectivity index (χ2n) is 10.9. The zero-order valence-corrected chi connectivity index (χ0v) is 20.5. The quantitative estimate of drug-likeness (QED) is 0.217. The first-order chi connectivity index (χ1) is 16.8. The summed E-state index contributed by atoms with van der Waals surface area (Å²) in [6.45, 7) is 6.51. The van der Waals surface area contributed by atoms with E-state index in [0.717, 1.165) is 23.9 Å². The van der Waals surface area contributed by atoms with Crippen LogP contribution in [0.4, 0.5) is 5.69 Å². The van der Waals surface area contributed by atoms with Crippen molar-refractivity contribution in [3.8, 4) is 0 Å². The van der Waals surface area contributed by atoms with Crippen LogP contribution < -0.4 is 16.2 Å². The summed E-state index contributed by atoms with van der Waals surface area (Å²) in [5, 5.41) is 5.37. The molecule has 5 heteroatoms. The molecule has 0 spiro atoms. The molecule has 0 atom stereocenters. The van der Waals surface area contributed by atoms with Gasteiger partial charge in [0, 0.05) is 22.9 Å². The first-order valence-corrected chi connectivity index (χ1v) is 12.6. The van der Waals surface area contributed by atoms with E-state index in [4.69, 9.17) is 4.42 Å². The second kappa shape index (κ2) is 7.98. The van der Waals surface area contributed by atoms with Gasteiger partial charge in [-0.1, -0.05) is 70.4 Å². The Bertz CT molecular complexity index is 1730. The van der Waals surface area contributed by atoms with Gasteiger partial charge in [-0.3, -0.25) is 9.59 Å². The van der Waals surface area contributed by atoms with Gasteiger partial charge in [-0.25, -0.2) is 0 Å². The summed E-state index contributed by atoms with van der Waals surface area (Å²) in [6.07, 6.45) is 5.69. The molecule has 0 bridgehead atoms. The minimum atomic E-state index is -0.149. The van der Waals surface area contributed by atoms with Gasteiger partial charge in [0.2, 0.25) is 0 Å². The highest BCUT2D eigenvalue weighted by Gasteiger charge is 2.22. The minimum Gasteiger partial charge on any atom is -0.453 e. The first-order valence-electron chi connectivity index (χ1n) is 12.6. The average Bonchev–Trinajstić information content (AvgIpc) is 2.85. The van der Waals surface area contributed by atoms with Crippen LogP contribution >= 0.6 is 0 Å². The van der Waals surface area contributed by atoms with Crippen LogP contribution in [0.1, 0.15) is 58.4 Å². The van der Waals surface area contributed by atoms with E-state index < -0.39 is 0 Å². The van der Waals surface area contributed by atoms with Crippen LogP contribution in [-0.4, -0.2) is 11.0 Å². The molecule has 1 heterocycles. The van der Waals surface area contributed by atoms with Crippen LogP contribution in [0.3, 0.4) is 0 Å². The van der Waals surface area contributed by atoms with E-state index in [1.807, 2.05) is 18.2 Å². The minimum absolute atomic E-state index is 0.0195. The van der Waals surface area contributed by atoms with Crippen LogP contribution in [0.25, 0.3) is 43.7 Å². The topological polar surface area (TPSA) is 75.1 Å². The fraction of sp³-hybridized carbons (Fsp3) is 0.333. The average molecular weight is 467 g/mol. The summed E-state index contributed by atoms with van der Waals surface area (Å²) >= 11 is 0. The lowest BCUT2D eigenvalue weighted by Crippen LogP contribution is -2.24. The van der Waals surface area contributed by atoms with Gasteiger partial charge in [0.05, 0.1) is 27.5 Å². The molecule has 0 radical (unpaired) electrons. The number of hydrogen-bond donors (Lipinski definition) is 2. The van der Waals surface area contributed by atoms with Crippen molar-refractivity contribution in [2.75, 3.05) is 5.32 Å². The number of nitrogens with one attached hydrogen (secondary N) is 2. The Balaban J connectivity index is 1.72. The molecule has 1 saturated carbocycles. The van der Waals surface area contributed by atoms with Crippen molar-refractivity contribution < 1.29 is 4.42 Å². The zero-order chi connectivity index (χ0) is 24.3. The summed E-state index contributed by atoms with van der Waals surface area (Å²) in [5.74, 6) is 0. The molecule has 0 aliphatic heterocycles. The number of fused-ring (bicyclic) bond motifs is 5. The number of aromatic amines is 1. The predicted octanol–water partition coefficient (Wildman–Crippen LogP) is 6.98. The summed E-state index contributed by atoms with van der Waals surface area (Å²) in [6, 6.07) is 15.4. The highest BCUT2D eigenvalue weighted by molar-refractivity contribution is 6.14. The van der Waals surface area contributed by atoms with Gasteiger partial charge in [-0.2, -0.15) is 0 Å². The van der Waals surface area contributed by atoms with E-state index in [1.165, 1.54) is 24.8 Å². The van der Waals surface area contributed by atoms with E-state index in [9.17, 15) is 9.59 Å². The number of H-pyrrole nitrogens is 1. The number of anilines is 1. The standard InChI is InChI=1S/C30H30N2O3/c1-30(2,3)17-13-14-21-23(15-17)35-24-16-22(31-18-9-5-4-6-10-18)25-26(27(24)32-21)29(34)20-12-8-7-11-19(20)28(25)33/h7-8,11-16,18,31-32H,4-6,9-10H2,1-3H3. The monoisotopic (exact) mass is 466 g/mol. The lowest BCUT2D eigenvalue weighted by atomic mass is 9.87. The largest absolute Gasteiger partial charge is 0.453 e. The van der Waals surface area contributed by atoms with Gasteiger partial charge in [0.1, 0.15) is 0 Å². The van der Waals surface area contributed by atoms with Gasteiger partial charge in [0.15, 0.2) is 22.0 Å². The molecule has 6 rings (SSSR count). The Morgan fingerprint density at radius 3 is 2.23 bits per heavy atom. The van der Waals surface area contributed by atoms with Crippen molar-refractivity contribution in [3.63, 3.8) is 0 Å². The third-order valence-electron chi connectivity index (χ3n) is 7.45. The Morgan fingerprint density at radius 2 is 1.54 bits per heavy atom. The lowest BCUT2D eigenvalue weighted by Gasteiger charge is -2.25. The summed E-state index contributed by atoms with van der Waals surface area (Å²) in [4.78, 5) is 31.0. The maximum atomic E-state index is 13.8. The molecular formula is C30H30N2O3. The van der Waals surface area contributed by atoms with Gasteiger partial charge in [0.25, 0.3) is 0 Å². The van der Waals surface area contributed by atoms with E-state index >= 15 is 0 Å². The number of hydrogen-bond acceptors (Lipinski definition) is 4. The molecular weight excluding hydrogens is 436 g/mol. The molecule has 4 aromatic carbocycles. The molecule has 1 aromatic heterocycles. The smallest absolute Gasteiger partial charge is 0.196 e. The molecule has 0 saturated heterocycles. The molecule has 0 unspecified atom stereocenters. The van der Waals surface area contributed by atoms with Crippen LogP contribution in [-0.2, 0) is 5.41 Å². The Morgan fingerprint density at radius 1 is 0.857 bits per heavy atom. The predicted molar refractivity (Wildman–Crippen MR) is 145 cm³/mol. The summed E-state index contributed by atoms with van der Waals surface area (Å²) in [5.41, 5.74) is 4.23. The van der Waals surface area contributed by atoms with Gasteiger partial charge < -0.3 is 14.7 Å². The van der Waals surface area contributed by atoms with Crippen molar-refractivity contribution >= 4 is 49.4 Å². The molecule has 1 aliphatic carbocycles. The zero-order valence-electron chi connectivity index (χ0n) is 20.5. The van der Waals surface area contributed by atoms with Gasteiger partial charge in [-0.05, 0) is 36.0 Å². The highest BCUT2D eigenvalue weighted by atomic mass is 16.3. The van der Waals surface area contributed by atoms with Crippen molar-refractivity contribution in [2.45, 2.75) is 64.3 Å². The fourth-order valence-electron chi connectivity index (χ4n) is 5.48. The maximum absolute atomic E-state index is 13.8. The van der Waals surface area contributed by atoms with Crippen molar-refractivity contribution in [1.29, 1.82) is 0 Å². The molecule has 2 N–H and O–H groups in total. The summed E-state index contributed by atoms with van der Waals surface area (Å²) < 4.78 is 6.41. The summed E-state index contributed by atoms with van der Waals surface area (Å²) in [7, 11) is 0. The molecule has 5 nitrogen and oxygen atoms in total. The highest BCUT2D eigenvalue weighted by Crippen LogP contribution is 2.34. The van der Waals surface area contributed by atoms with Crippen LogP contribution in [0.15, 0.2) is 62.5 Å². The molecule has 35 heavy (non-hydrogen) atoms. The third-order valence-corrected chi connectivity index (χ3v) is 7.45. The van der Waals surface area contributed by atoms with Crippen molar-refractivity contribution in [3.05, 3.63) is 74.5 Å². The molecule has 1 fully saturated rings. The first kappa shape index (κ1) is 21.9. The van der Waals surface area contributed by atoms with E-state index in [1.54, 1.807) is 18.2 Å². The van der Waals surface area contributed by atoms with Crippen LogP contribution in [0.5, 0.6) is 0 Å². The van der Waals surface area contributed by atoms with Crippen LogP contribution in [0.2, 0.25) is 0 Å². The maximum Gasteiger partial charge on any atom is 0.196 e. The number of benzene rings is 4. The number of rotatable bonds is 2. The normalized spacial score (nSPS) is 15.4. The Kier molecular flexibility index (Phi) is 4.99. The third kappa shape index (κ3) is 3.61. The van der Waals surface area contributed by atoms with Gasteiger partial charge in [-0.15, -0.1) is 0 Å². The number of aromatic nitrogens is 1. The lowest BCUT2D eigenvalue weighted by molar-refractivity contribution is 0.463. The van der Waals surface area contributed by atoms with Crippen LogP contribution in [0, 0.1) is 0 Å². The second-order valence-corrected chi connectivity index (χ2v) is 10.9. The SMILES string of the molecule is CC(C)(C)c1ccc2[nH]c3c(cc(NC4CCCCC4)c4c(=O)c5ccccc5c(=O)c43)oc2c1. The molecule has 1 aliphatic rings. The fourth-order valence-corrected chi connectivity index (χ4v) is 5.48.